The van der Waals surface area contributed by atoms with Crippen LogP contribution in [0.25, 0.3) is 0 Å². The molecule has 0 aromatic rings. The van der Waals surface area contributed by atoms with Gasteiger partial charge < -0.3 is 4.74 Å². The van der Waals surface area contributed by atoms with Gasteiger partial charge in [-0.15, -0.1) is 11.5 Å². The summed E-state index contributed by atoms with van der Waals surface area (Å²) in [6, 6.07) is 0. The highest BCUT2D eigenvalue weighted by Gasteiger charge is 2.41. The van der Waals surface area contributed by atoms with Gasteiger partial charge in [-0.25, -0.2) is 0 Å². The molecule has 1 unspecified atom stereocenters. The summed E-state index contributed by atoms with van der Waals surface area (Å²) < 4.78 is 5.53. The molecule has 22 heavy (non-hydrogen) atoms. The van der Waals surface area contributed by atoms with Crippen molar-refractivity contribution in [1.82, 2.24) is 0 Å². The molecule has 3 heteroatoms. The van der Waals surface area contributed by atoms with E-state index in [0.717, 1.165) is 19.4 Å². The lowest BCUT2D eigenvalue weighted by atomic mass is 10.1. The molecule has 1 heterocycles. The van der Waals surface area contributed by atoms with E-state index in [1.54, 1.807) is 0 Å². The van der Waals surface area contributed by atoms with Gasteiger partial charge >= 0.3 is 0 Å². The van der Waals surface area contributed by atoms with Crippen molar-refractivity contribution in [3.63, 3.8) is 0 Å². The van der Waals surface area contributed by atoms with Gasteiger partial charge in [0.05, 0.1) is 6.10 Å². The summed E-state index contributed by atoms with van der Waals surface area (Å²) in [6.07, 6.45) is 4.21. The van der Waals surface area contributed by atoms with Gasteiger partial charge in [0, 0.05) is 25.9 Å². The Balaban J connectivity index is 2.57. The Morgan fingerprint density at radius 1 is 1.14 bits per heavy atom. The molecule has 0 radical (unpaired) electrons. The molecule has 2 nitrogen and oxygen atoms in total. The molecule has 0 amide bonds. The van der Waals surface area contributed by atoms with Crippen molar-refractivity contribution < 1.29 is 9.53 Å². The largest absolute Gasteiger partial charge is 0.378 e. The Kier molecular flexibility index (Phi) is 7.86. The van der Waals surface area contributed by atoms with Crippen molar-refractivity contribution in [3.8, 4) is 11.5 Å². The zero-order chi connectivity index (χ0) is 16.8. The second-order valence-electron chi connectivity index (χ2n) is 7.58. The van der Waals surface area contributed by atoms with Gasteiger partial charge in [0.2, 0.25) is 0 Å². The number of carbonyl (C=O) groups is 1. The lowest BCUT2D eigenvalue weighted by Gasteiger charge is -2.38. The molecule has 1 fully saturated rings. The molecule has 1 atom stereocenters. The molecule has 0 spiro atoms. The molecule has 1 aliphatic rings. The molecule has 1 aliphatic heterocycles. The standard InChI is InChI=1S/C19H34O2Si/c1-15(2)22(16(3)4,17(5)6)13-8-7-10-18(20)14-19-11-9-12-21-19/h15-17,19H,7,9-12,14H2,1-6H3. The van der Waals surface area contributed by atoms with E-state index in [4.69, 9.17) is 4.74 Å². The van der Waals surface area contributed by atoms with Crippen molar-refractivity contribution in [2.75, 3.05) is 6.61 Å². The second kappa shape index (κ2) is 8.89. The third-order valence-corrected chi connectivity index (χ3v) is 11.5. The SMILES string of the molecule is CC(C)[Si](C#CCCC(=O)CC1CCCO1)(C(C)C)C(C)C. The summed E-state index contributed by atoms with van der Waals surface area (Å²) in [4.78, 5) is 12.0. The van der Waals surface area contributed by atoms with Gasteiger partial charge in [-0.1, -0.05) is 41.5 Å². The summed E-state index contributed by atoms with van der Waals surface area (Å²) in [7, 11) is -1.63. The average molecular weight is 323 g/mol. The summed E-state index contributed by atoms with van der Waals surface area (Å²) >= 11 is 0. The van der Waals surface area contributed by atoms with Crippen LogP contribution >= 0.6 is 0 Å². The van der Waals surface area contributed by atoms with Crippen LogP contribution in [0.5, 0.6) is 0 Å². The van der Waals surface area contributed by atoms with Crippen molar-refractivity contribution in [1.29, 1.82) is 0 Å². The maximum Gasteiger partial charge on any atom is 0.145 e. The Hall–Kier alpha value is -0.593. The first kappa shape index (κ1) is 19.5. The molecule has 1 rings (SSSR count). The summed E-state index contributed by atoms with van der Waals surface area (Å²) in [6.45, 7) is 14.8. The lowest BCUT2D eigenvalue weighted by Crippen LogP contribution is -2.43. The quantitative estimate of drug-likeness (QED) is 0.480. The normalized spacial score (nSPS) is 18.9. The molecular formula is C19H34O2Si. The van der Waals surface area contributed by atoms with Gasteiger partial charge in [-0.2, -0.15) is 0 Å². The van der Waals surface area contributed by atoms with Gasteiger partial charge in [-0.05, 0) is 29.5 Å². The molecule has 0 saturated carbocycles. The van der Waals surface area contributed by atoms with Gasteiger partial charge in [-0.3, -0.25) is 4.79 Å². The first-order valence-electron chi connectivity index (χ1n) is 8.94. The van der Waals surface area contributed by atoms with Gasteiger partial charge in [0.15, 0.2) is 0 Å². The first-order valence-corrected chi connectivity index (χ1v) is 11.2. The highest BCUT2D eigenvalue weighted by Crippen LogP contribution is 2.40. The minimum absolute atomic E-state index is 0.177. The van der Waals surface area contributed by atoms with E-state index in [-0.39, 0.29) is 6.10 Å². The monoisotopic (exact) mass is 322 g/mol. The molecule has 0 aromatic carbocycles. The molecule has 0 bridgehead atoms. The van der Waals surface area contributed by atoms with Crippen LogP contribution in [0.15, 0.2) is 0 Å². The summed E-state index contributed by atoms with van der Waals surface area (Å²) in [5.74, 6) is 3.69. The second-order valence-corrected chi connectivity index (χ2v) is 13.2. The highest BCUT2D eigenvalue weighted by atomic mass is 28.3. The van der Waals surface area contributed by atoms with Crippen LogP contribution in [-0.4, -0.2) is 26.6 Å². The van der Waals surface area contributed by atoms with E-state index in [2.05, 4.69) is 53.0 Å². The maximum absolute atomic E-state index is 12.0. The Labute approximate surface area is 138 Å². The fourth-order valence-corrected chi connectivity index (χ4v) is 9.31. The Morgan fingerprint density at radius 2 is 1.73 bits per heavy atom. The fourth-order valence-electron chi connectivity index (χ4n) is 4.01. The topological polar surface area (TPSA) is 26.3 Å². The van der Waals surface area contributed by atoms with E-state index in [0.29, 0.717) is 41.7 Å². The van der Waals surface area contributed by atoms with E-state index < -0.39 is 8.07 Å². The number of ketones is 1. The van der Waals surface area contributed by atoms with Gasteiger partial charge in [0.1, 0.15) is 13.9 Å². The van der Waals surface area contributed by atoms with Crippen LogP contribution in [0.4, 0.5) is 0 Å². The van der Waals surface area contributed by atoms with Crippen molar-refractivity contribution in [3.05, 3.63) is 0 Å². The number of rotatable bonds is 7. The van der Waals surface area contributed by atoms with Crippen LogP contribution in [0, 0.1) is 11.5 Å². The number of hydrogen-bond acceptors (Lipinski definition) is 2. The lowest BCUT2D eigenvalue weighted by molar-refractivity contribution is -0.121. The fraction of sp³-hybridized carbons (Fsp3) is 0.842. The molecule has 0 aromatic heterocycles. The minimum Gasteiger partial charge on any atom is -0.378 e. The highest BCUT2D eigenvalue weighted by molar-refractivity contribution is 6.90. The van der Waals surface area contributed by atoms with Crippen LogP contribution < -0.4 is 0 Å². The third-order valence-electron chi connectivity index (χ3n) is 5.18. The first-order chi connectivity index (χ1) is 10.3. The van der Waals surface area contributed by atoms with Crippen molar-refractivity contribution in [2.24, 2.45) is 0 Å². The summed E-state index contributed by atoms with van der Waals surface area (Å²) in [5.41, 5.74) is 5.65. The molecule has 126 valence electrons. The van der Waals surface area contributed by atoms with Crippen molar-refractivity contribution in [2.45, 2.75) is 96.4 Å². The zero-order valence-corrected chi connectivity index (χ0v) is 16.4. The molecule has 1 saturated heterocycles. The number of ether oxygens (including phenoxy) is 1. The van der Waals surface area contributed by atoms with Crippen LogP contribution in [0.2, 0.25) is 16.6 Å². The Morgan fingerprint density at radius 3 is 2.18 bits per heavy atom. The van der Waals surface area contributed by atoms with E-state index >= 15 is 0 Å². The molecular weight excluding hydrogens is 288 g/mol. The predicted octanol–water partition coefficient (Wildman–Crippen LogP) is 5.13. The minimum atomic E-state index is -1.63. The number of carbonyl (C=O) groups excluding carboxylic acids is 1. The zero-order valence-electron chi connectivity index (χ0n) is 15.4. The Bertz CT molecular complexity index is 387. The average Bonchev–Trinajstić information content (AvgIpc) is 2.90. The third kappa shape index (κ3) is 4.96. The van der Waals surface area contributed by atoms with E-state index in [1.165, 1.54) is 0 Å². The maximum atomic E-state index is 12.0. The number of Topliss-reactive ketones (excluding diaryl/α,β-unsaturated/α-hetero) is 1. The van der Waals surface area contributed by atoms with Crippen molar-refractivity contribution >= 4 is 13.9 Å². The molecule has 0 aliphatic carbocycles. The van der Waals surface area contributed by atoms with Crippen LogP contribution in [0.3, 0.4) is 0 Å². The van der Waals surface area contributed by atoms with Gasteiger partial charge in [0.25, 0.3) is 0 Å². The molecule has 0 N–H and O–H groups in total. The summed E-state index contributed by atoms with van der Waals surface area (Å²) in [5, 5.41) is 0. The van der Waals surface area contributed by atoms with E-state index in [9.17, 15) is 4.79 Å². The predicted molar refractivity (Wildman–Crippen MR) is 96.7 cm³/mol. The smallest absolute Gasteiger partial charge is 0.145 e. The van der Waals surface area contributed by atoms with Crippen LogP contribution in [0.1, 0.15) is 73.6 Å². The van der Waals surface area contributed by atoms with Crippen LogP contribution in [-0.2, 0) is 9.53 Å². The number of hydrogen-bond donors (Lipinski definition) is 0. The van der Waals surface area contributed by atoms with E-state index in [1.807, 2.05) is 0 Å².